The average molecular weight is 478 g/mol. The van der Waals surface area contributed by atoms with Crippen molar-refractivity contribution < 1.29 is 9.47 Å². The second-order valence-electron chi connectivity index (χ2n) is 7.61. The summed E-state index contributed by atoms with van der Waals surface area (Å²) in [7, 11) is 3.31. The summed E-state index contributed by atoms with van der Waals surface area (Å²) in [5.74, 6) is 3.05. The minimum Gasteiger partial charge on any atom is -0.497 e. The number of aromatic nitrogens is 3. The number of thioether (sulfide) groups is 1. The molecular formula is C23H25Cl2N3O2S. The lowest BCUT2D eigenvalue weighted by molar-refractivity contribution is 0.339. The van der Waals surface area contributed by atoms with E-state index in [1.54, 1.807) is 26.0 Å². The highest BCUT2D eigenvalue weighted by Crippen LogP contribution is 2.38. The van der Waals surface area contributed by atoms with Crippen molar-refractivity contribution >= 4 is 35.0 Å². The Balaban J connectivity index is 1.69. The first-order valence-corrected chi connectivity index (χ1v) is 12.1. The largest absolute Gasteiger partial charge is 0.497 e. The van der Waals surface area contributed by atoms with Crippen molar-refractivity contribution in [1.82, 2.24) is 14.8 Å². The lowest BCUT2D eigenvalue weighted by atomic mass is 9.95. The molecule has 5 nitrogen and oxygen atoms in total. The van der Waals surface area contributed by atoms with Gasteiger partial charge in [-0.05, 0) is 42.7 Å². The van der Waals surface area contributed by atoms with E-state index in [0.717, 1.165) is 52.2 Å². The van der Waals surface area contributed by atoms with Gasteiger partial charge in [0.25, 0.3) is 0 Å². The summed E-state index contributed by atoms with van der Waals surface area (Å²) in [6.07, 6.45) is 5.99. The Morgan fingerprint density at radius 2 is 1.65 bits per heavy atom. The van der Waals surface area contributed by atoms with Crippen LogP contribution < -0.4 is 9.47 Å². The summed E-state index contributed by atoms with van der Waals surface area (Å²) in [4.78, 5) is 0. The molecule has 0 spiro atoms. The molecule has 0 saturated heterocycles. The van der Waals surface area contributed by atoms with Crippen LogP contribution in [-0.4, -0.2) is 29.0 Å². The summed E-state index contributed by atoms with van der Waals surface area (Å²) in [6, 6.07) is 12.0. The number of benzene rings is 2. The van der Waals surface area contributed by atoms with Crippen LogP contribution in [0, 0.1) is 0 Å². The lowest BCUT2D eigenvalue weighted by Crippen LogP contribution is -2.15. The van der Waals surface area contributed by atoms with Gasteiger partial charge >= 0.3 is 0 Å². The molecule has 0 bridgehead atoms. The molecule has 8 heteroatoms. The van der Waals surface area contributed by atoms with Crippen molar-refractivity contribution in [3.05, 3.63) is 52.0 Å². The van der Waals surface area contributed by atoms with Crippen LogP contribution >= 0.6 is 35.0 Å². The number of rotatable bonds is 7. The summed E-state index contributed by atoms with van der Waals surface area (Å²) in [6.45, 7) is 0. The summed E-state index contributed by atoms with van der Waals surface area (Å²) in [5, 5.41) is 11.2. The molecular weight excluding hydrogens is 453 g/mol. The molecule has 0 atom stereocenters. The topological polar surface area (TPSA) is 49.2 Å². The van der Waals surface area contributed by atoms with E-state index in [1.165, 1.54) is 19.3 Å². The van der Waals surface area contributed by atoms with Crippen LogP contribution in [0.15, 0.2) is 41.6 Å². The number of halogens is 2. The normalized spacial score (nSPS) is 14.6. The first-order valence-electron chi connectivity index (χ1n) is 10.3. The first-order chi connectivity index (χ1) is 15.1. The summed E-state index contributed by atoms with van der Waals surface area (Å²) < 4.78 is 13.2. The Morgan fingerprint density at radius 1 is 0.935 bits per heavy atom. The standard InChI is InChI=1S/C23H25Cl2N3O2S/c1-29-18-11-16(12-19(13-18)30-2)22-26-27-23(28(22)17-6-4-3-5-7-17)31-14-15-8-9-20(24)21(25)10-15/h8-13,17H,3-7,14H2,1-2H3. The maximum Gasteiger partial charge on any atom is 0.192 e. The van der Waals surface area contributed by atoms with Crippen LogP contribution in [0.25, 0.3) is 11.4 Å². The van der Waals surface area contributed by atoms with Gasteiger partial charge in [0.2, 0.25) is 0 Å². The molecule has 4 rings (SSSR count). The zero-order valence-electron chi connectivity index (χ0n) is 17.6. The van der Waals surface area contributed by atoms with Crippen molar-refractivity contribution in [2.75, 3.05) is 14.2 Å². The molecule has 0 radical (unpaired) electrons. The minimum absolute atomic E-state index is 0.382. The molecule has 1 fully saturated rings. The molecule has 1 aliphatic rings. The van der Waals surface area contributed by atoms with E-state index < -0.39 is 0 Å². The Kier molecular flexibility index (Phi) is 7.31. The Hall–Kier alpha value is -1.89. The number of methoxy groups -OCH3 is 2. The molecule has 1 heterocycles. The van der Waals surface area contributed by atoms with Crippen molar-refractivity contribution in [3.8, 4) is 22.9 Å². The van der Waals surface area contributed by atoms with E-state index in [9.17, 15) is 0 Å². The van der Waals surface area contributed by atoms with E-state index in [-0.39, 0.29) is 0 Å². The molecule has 0 aliphatic heterocycles. The maximum absolute atomic E-state index is 6.19. The van der Waals surface area contributed by atoms with Gasteiger partial charge in [-0.3, -0.25) is 4.57 Å². The molecule has 31 heavy (non-hydrogen) atoms. The van der Waals surface area contributed by atoms with Gasteiger partial charge in [0.15, 0.2) is 11.0 Å². The minimum atomic E-state index is 0.382. The molecule has 0 amide bonds. The van der Waals surface area contributed by atoms with Gasteiger partial charge in [0.1, 0.15) is 11.5 Å². The highest BCUT2D eigenvalue weighted by Gasteiger charge is 2.24. The third-order valence-corrected chi connectivity index (χ3v) is 7.32. The molecule has 0 unspecified atom stereocenters. The predicted octanol–water partition coefficient (Wildman–Crippen LogP) is 7.07. The quantitative estimate of drug-likeness (QED) is 0.340. The maximum atomic E-state index is 6.19. The lowest BCUT2D eigenvalue weighted by Gasteiger charge is -2.25. The Bertz CT molecular complexity index is 1030. The van der Waals surface area contributed by atoms with Gasteiger partial charge < -0.3 is 9.47 Å². The van der Waals surface area contributed by atoms with Crippen molar-refractivity contribution in [2.45, 2.75) is 49.1 Å². The predicted molar refractivity (Wildman–Crippen MR) is 127 cm³/mol. The SMILES string of the molecule is COc1cc(OC)cc(-c2nnc(SCc3ccc(Cl)c(Cl)c3)n2C2CCCCC2)c1. The van der Waals surface area contributed by atoms with Crippen LogP contribution in [0.2, 0.25) is 10.0 Å². The van der Waals surface area contributed by atoms with Crippen LogP contribution in [0.1, 0.15) is 43.7 Å². The van der Waals surface area contributed by atoms with Gasteiger partial charge in [0.05, 0.1) is 24.3 Å². The highest BCUT2D eigenvalue weighted by atomic mass is 35.5. The van der Waals surface area contributed by atoms with Gasteiger partial charge in [-0.25, -0.2) is 0 Å². The fraction of sp³-hybridized carbons (Fsp3) is 0.391. The van der Waals surface area contributed by atoms with E-state index in [0.29, 0.717) is 16.1 Å². The molecule has 0 N–H and O–H groups in total. The van der Waals surface area contributed by atoms with Gasteiger partial charge in [-0.1, -0.05) is 60.3 Å². The molecule has 2 aromatic carbocycles. The average Bonchev–Trinajstić information content (AvgIpc) is 3.24. The smallest absolute Gasteiger partial charge is 0.192 e. The Labute approximate surface area is 197 Å². The van der Waals surface area contributed by atoms with Crippen LogP contribution in [0.5, 0.6) is 11.5 Å². The van der Waals surface area contributed by atoms with Crippen molar-refractivity contribution in [3.63, 3.8) is 0 Å². The van der Waals surface area contributed by atoms with Gasteiger partial charge in [-0.15, -0.1) is 10.2 Å². The monoisotopic (exact) mass is 477 g/mol. The highest BCUT2D eigenvalue weighted by molar-refractivity contribution is 7.98. The van der Waals surface area contributed by atoms with Gasteiger partial charge in [0, 0.05) is 23.4 Å². The zero-order valence-corrected chi connectivity index (χ0v) is 19.9. The first kappa shape index (κ1) is 22.3. The number of ether oxygens (including phenoxy) is 2. The third kappa shape index (κ3) is 5.13. The zero-order chi connectivity index (χ0) is 21.8. The molecule has 1 aromatic heterocycles. The molecule has 3 aromatic rings. The second-order valence-corrected chi connectivity index (χ2v) is 9.36. The van der Waals surface area contributed by atoms with Crippen LogP contribution in [-0.2, 0) is 5.75 Å². The number of hydrogen-bond acceptors (Lipinski definition) is 5. The third-order valence-electron chi connectivity index (χ3n) is 5.57. The van der Waals surface area contributed by atoms with E-state index >= 15 is 0 Å². The van der Waals surface area contributed by atoms with E-state index in [4.69, 9.17) is 32.7 Å². The molecule has 1 aliphatic carbocycles. The number of nitrogens with zero attached hydrogens (tertiary/aromatic N) is 3. The fourth-order valence-corrected chi connectivity index (χ4v) is 5.22. The van der Waals surface area contributed by atoms with E-state index in [1.807, 2.05) is 36.4 Å². The number of hydrogen-bond donors (Lipinski definition) is 0. The van der Waals surface area contributed by atoms with Crippen LogP contribution in [0.3, 0.4) is 0 Å². The molecule has 164 valence electrons. The summed E-state index contributed by atoms with van der Waals surface area (Å²) >= 11 is 13.9. The second kappa shape index (κ2) is 10.2. The van der Waals surface area contributed by atoms with Gasteiger partial charge in [-0.2, -0.15) is 0 Å². The van der Waals surface area contributed by atoms with E-state index in [2.05, 4.69) is 14.8 Å². The Morgan fingerprint density at radius 3 is 2.29 bits per heavy atom. The van der Waals surface area contributed by atoms with Crippen LogP contribution in [0.4, 0.5) is 0 Å². The van der Waals surface area contributed by atoms with Crippen molar-refractivity contribution in [2.24, 2.45) is 0 Å². The van der Waals surface area contributed by atoms with Crippen molar-refractivity contribution in [1.29, 1.82) is 0 Å². The summed E-state index contributed by atoms with van der Waals surface area (Å²) in [5.41, 5.74) is 2.04. The molecule has 1 saturated carbocycles. The fourth-order valence-electron chi connectivity index (χ4n) is 3.95.